The van der Waals surface area contributed by atoms with Crippen molar-refractivity contribution in [2.75, 3.05) is 18.0 Å². The van der Waals surface area contributed by atoms with Gasteiger partial charge in [-0.25, -0.2) is 0 Å². The highest BCUT2D eigenvalue weighted by atomic mass is 19.4. The molecule has 120 valence electrons. The number of hydrogen-bond acceptors (Lipinski definition) is 5. The third-order valence-electron chi connectivity index (χ3n) is 3.87. The molecule has 1 aliphatic rings. The van der Waals surface area contributed by atoms with Gasteiger partial charge in [0.05, 0.1) is 23.1 Å². The maximum atomic E-state index is 12.8. The van der Waals surface area contributed by atoms with Crippen LogP contribution < -0.4 is 4.90 Å². The van der Waals surface area contributed by atoms with Gasteiger partial charge in [0.25, 0.3) is 0 Å². The molecule has 1 saturated heterocycles. The molecule has 0 radical (unpaired) electrons. The van der Waals surface area contributed by atoms with Crippen LogP contribution in [-0.2, 0) is 6.18 Å². The summed E-state index contributed by atoms with van der Waals surface area (Å²) in [6.45, 7) is 2.95. The molecule has 1 aromatic carbocycles. The maximum absolute atomic E-state index is 12.8. The van der Waals surface area contributed by atoms with Crippen LogP contribution in [0, 0.1) is 18.3 Å². The molecule has 8 heteroatoms. The van der Waals surface area contributed by atoms with Crippen LogP contribution in [0.5, 0.6) is 0 Å². The van der Waals surface area contributed by atoms with Gasteiger partial charge >= 0.3 is 6.18 Å². The van der Waals surface area contributed by atoms with Crippen LogP contribution in [0.3, 0.4) is 0 Å². The summed E-state index contributed by atoms with van der Waals surface area (Å²) in [5.41, 5.74) is -0.688. The Balaban J connectivity index is 1.82. The fourth-order valence-electron chi connectivity index (χ4n) is 2.74. The molecule has 0 N–H and O–H groups in total. The molecule has 0 bridgehead atoms. The quantitative estimate of drug-likeness (QED) is 0.849. The van der Waals surface area contributed by atoms with E-state index >= 15 is 0 Å². The summed E-state index contributed by atoms with van der Waals surface area (Å²) in [6.07, 6.45) is -3.76. The van der Waals surface area contributed by atoms with Crippen molar-refractivity contribution in [3.05, 3.63) is 41.0 Å². The number of nitrogens with zero attached hydrogens (tertiary/aromatic N) is 4. The van der Waals surface area contributed by atoms with Crippen molar-refractivity contribution in [2.45, 2.75) is 25.4 Å². The van der Waals surface area contributed by atoms with Crippen LogP contribution in [0.15, 0.2) is 22.7 Å². The average Bonchev–Trinajstić information content (AvgIpc) is 3.14. The van der Waals surface area contributed by atoms with Crippen LogP contribution >= 0.6 is 0 Å². The zero-order chi connectivity index (χ0) is 16.6. The van der Waals surface area contributed by atoms with Crippen LogP contribution in [0.2, 0.25) is 0 Å². The molecule has 0 spiro atoms. The van der Waals surface area contributed by atoms with E-state index < -0.39 is 11.7 Å². The van der Waals surface area contributed by atoms with Gasteiger partial charge in [-0.3, -0.25) is 0 Å². The largest absolute Gasteiger partial charge is 0.417 e. The fraction of sp³-hybridized carbons (Fsp3) is 0.400. The van der Waals surface area contributed by atoms with E-state index in [1.165, 1.54) is 12.1 Å². The maximum Gasteiger partial charge on any atom is 0.417 e. The van der Waals surface area contributed by atoms with Gasteiger partial charge in [0.15, 0.2) is 5.82 Å². The normalized spacial score (nSPS) is 18.2. The molecule has 5 nitrogen and oxygen atoms in total. The molecule has 3 rings (SSSR count). The van der Waals surface area contributed by atoms with Gasteiger partial charge in [-0.15, -0.1) is 0 Å². The number of benzene rings is 1. The lowest BCUT2D eigenvalue weighted by Crippen LogP contribution is -2.20. The molecule has 1 atom stereocenters. The van der Waals surface area contributed by atoms with E-state index in [0.717, 1.165) is 12.5 Å². The van der Waals surface area contributed by atoms with Crippen molar-refractivity contribution in [3.63, 3.8) is 0 Å². The second-order valence-corrected chi connectivity index (χ2v) is 5.45. The summed E-state index contributed by atoms with van der Waals surface area (Å²) >= 11 is 0. The van der Waals surface area contributed by atoms with Gasteiger partial charge in [0.2, 0.25) is 5.89 Å². The van der Waals surface area contributed by atoms with Crippen molar-refractivity contribution in [3.8, 4) is 6.07 Å². The summed E-state index contributed by atoms with van der Waals surface area (Å²) < 4.78 is 43.7. The molecule has 23 heavy (non-hydrogen) atoms. The minimum absolute atomic E-state index is 0.0454. The third-order valence-corrected chi connectivity index (χ3v) is 3.87. The van der Waals surface area contributed by atoms with Crippen LogP contribution in [-0.4, -0.2) is 23.2 Å². The first-order valence-electron chi connectivity index (χ1n) is 7.05. The molecular formula is C15H13F3N4O. The molecule has 0 amide bonds. The molecule has 0 aliphatic carbocycles. The van der Waals surface area contributed by atoms with E-state index in [4.69, 9.17) is 9.78 Å². The van der Waals surface area contributed by atoms with Gasteiger partial charge in [-0.2, -0.15) is 23.4 Å². The van der Waals surface area contributed by atoms with Crippen LogP contribution in [0.1, 0.15) is 35.2 Å². The van der Waals surface area contributed by atoms with Gasteiger partial charge in [-0.1, -0.05) is 5.16 Å². The van der Waals surface area contributed by atoms with Gasteiger partial charge in [0.1, 0.15) is 0 Å². The summed E-state index contributed by atoms with van der Waals surface area (Å²) in [7, 11) is 0. The van der Waals surface area contributed by atoms with Gasteiger partial charge in [0, 0.05) is 18.8 Å². The molecular weight excluding hydrogens is 309 g/mol. The number of anilines is 1. The average molecular weight is 322 g/mol. The molecule has 2 heterocycles. The number of rotatable bonds is 2. The predicted octanol–water partition coefficient (Wildman–Crippen LogP) is 3.26. The predicted molar refractivity (Wildman–Crippen MR) is 74.8 cm³/mol. The fourth-order valence-corrected chi connectivity index (χ4v) is 2.74. The lowest BCUT2D eigenvalue weighted by atomic mass is 10.1. The Morgan fingerprint density at radius 2 is 2.17 bits per heavy atom. The van der Waals surface area contributed by atoms with Crippen LogP contribution in [0.4, 0.5) is 18.9 Å². The standard InChI is InChI=1S/C15H13F3N4O/c1-9-20-14(23-21-9)10-4-5-22(8-10)12-2-3-13(15(16,17)18)11(6-12)7-19/h2-3,6,10H,4-5,8H2,1H3. The smallest absolute Gasteiger partial charge is 0.371 e. The number of alkyl halides is 3. The summed E-state index contributed by atoms with van der Waals surface area (Å²) in [5, 5.41) is 12.7. The summed E-state index contributed by atoms with van der Waals surface area (Å²) in [6, 6.07) is 5.26. The van der Waals surface area contributed by atoms with Gasteiger partial charge in [-0.05, 0) is 31.5 Å². The minimum Gasteiger partial charge on any atom is -0.371 e. The number of hydrogen-bond donors (Lipinski definition) is 0. The second-order valence-electron chi connectivity index (χ2n) is 5.45. The van der Waals surface area contributed by atoms with Gasteiger partial charge < -0.3 is 9.42 Å². The summed E-state index contributed by atoms with van der Waals surface area (Å²) in [4.78, 5) is 6.12. The molecule has 1 aliphatic heterocycles. The lowest BCUT2D eigenvalue weighted by Gasteiger charge is -2.19. The van der Waals surface area contributed by atoms with Crippen molar-refractivity contribution >= 4 is 5.69 Å². The molecule has 1 unspecified atom stereocenters. The molecule has 2 aromatic rings. The first-order valence-corrected chi connectivity index (χ1v) is 7.05. The first-order chi connectivity index (χ1) is 10.9. The molecule has 1 fully saturated rings. The summed E-state index contributed by atoms with van der Waals surface area (Å²) in [5.74, 6) is 1.14. The molecule has 0 saturated carbocycles. The number of aryl methyl sites for hydroxylation is 1. The van der Waals surface area contributed by atoms with Crippen molar-refractivity contribution in [1.82, 2.24) is 10.1 Å². The zero-order valence-electron chi connectivity index (χ0n) is 12.3. The topological polar surface area (TPSA) is 66.0 Å². The van der Waals surface area contributed by atoms with E-state index in [9.17, 15) is 13.2 Å². The molecule has 1 aromatic heterocycles. The minimum atomic E-state index is -4.53. The highest BCUT2D eigenvalue weighted by Crippen LogP contribution is 2.35. The van der Waals surface area contributed by atoms with E-state index in [2.05, 4.69) is 10.1 Å². The third kappa shape index (κ3) is 2.99. The Kier molecular flexibility index (Phi) is 3.72. The van der Waals surface area contributed by atoms with E-state index in [-0.39, 0.29) is 11.5 Å². The lowest BCUT2D eigenvalue weighted by molar-refractivity contribution is -0.137. The monoisotopic (exact) mass is 322 g/mol. The number of nitriles is 1. The zero-order valence-corrected chi connectivity index (χ0v) is 12.3. The highest BCUT2D eigenvalue weighted by Gasteiger charge is 2.34. The van der Waals surface area contributed by atoms with E-state index in [0.29, 0.717) is 30.5 Å². The highest BCUT2D eigenvalue weighted by molar-refractivity contribution is 5.56. The Bertz CT molecular complexity index is 763. The first kappa shape index (κ1) is 15.3. The Morgan fingerprint density at radius 1 is 1.39 bits per heavy atom. The number of aromatic nitrogens is 2. The van der Waals surface area contributed by atoms with Crippen molar-refractivity contribution in [1.29, 1.82) is 5.26 Å². The van der Waals surface area contributed by atoms with E-state index in [1.54, 1.807) is 13.0 Å². The van der Waals surface area contributed by atoms with Crippen molar-refractivity contribution < 1.29 is 17.7 Å². The Hall–Kier alpha value is -2.56. The Labute approximate surface area is 130 Å². The second kappa shape index (κ2) is 5.57. The van der Waals surface area contributed by atoms with E-state index in [1.807, 2.05) is 4.90 Å². The van der Waals surface area contributed by atoms with Crippen molar-refractivity contribution in [2.24, 2.45) is 0 Å². The van der Waals surface area contributed by atoms with Crippen LogP contribution in [0.25, 0.3) is 0 Å². The Morgan fingerprint density at radius 3 is 2.78 bits per heavy atom. The number of halogens is 3. The SMILES string of the molecule is Cc1noc(C2CCN(c3ccc(C(F)(F)F)c(C#N)c3)C2)n1.